The Balaban J connectivity index is 1.23. The largest absolute Gasteiger partial charge is 0.380 e. The molecule has 0 aromatic heterocycles. The summed E-state index contributed by atoms with van der Waals surface area (Å²) < 4.78 is 0. The minimum Gasteiger partial charge on any atom is -0.380 e. The maximum absolute atomic E-state index is 13.0. The molecule has 1 saturated heterocycles. The van der Waals surface area contributed by atoms with Crippen LogP contribution in [0.4, 0.5) is 0 Å². The number of nitrogens with one attached hydrogen (secondary N) is 1. The van der Waals surface area contributed by atoms with Gasteiger partial charge in [0, 0.05) is 43.0 Å². The van der Waals surface area contributed by atoms with Crippen LogP contribution in [0.15, 0.2) is 66.4 Å². The number of hydrazine groups is 1. The third kappa shape index (κ3) is 4.88. The molecule has 0 bridgehead atoms. The van der Waals surface area contributed by atoms with Crippen molar-refractivity contribution in [3.8, 4) is 11.1 Å². The molecular weight excluding hydrogens is 440 g/mol. The van der Waals surface area contributed by atoms with E-state index in [0.29, 0.717) is 44.6 Å². The predicted molar refractivity (Wildman–Crippen MR) is 136 cm³/mol. The third-order valence-corrected chi connectivity index (χ3v) is 7.22. The summed E-state index contributed by atoms with van der Waals surface area (Å²) in [4.78, 5) is 28.8. The van der Waals surface area contributed by atoms with Crippen molar-refractivity contribution in [1.29, 1.82) is 0 Å². The number of aliphatic hydroxyl groups is 1. The molecule has 5 rings (SSSR count). The molecule has 35 heavy (non-hydrogen) atoms. The highest BCUT2D eigenvalue weighted by molar-refractivity contribution is 5.95. The zero-order valence-electron chi connectivity index (χ0n) is 19.9. The Labute approximate surface area is 205 Å². The van der Waals surface area contributed by atoms with Gasteiger partial charge in [0.05, 0.1) is 0 Å². The van der Waals surface area contributed by atoms with Crippen LogP contribution in [-0.4, -0.2) is 58.5 Å². The summed E-state index contributed by atoms with van der Waals surface area (Å²) in [6.07, 6.45) is 8.48. The number of benzene rings is 2. The van der Waals surface area contributed by atoms with Gasteiger partial charge in [-0.1, -0.05) is 48.6 Å². The molecule has 2 fully saturated rings. The second kappa shape index (κ2) is 9.68. The number of allylic oxidation sites excluding steroid dienone is 4. The summed E-state index contributed by atoms with van der Waals surface area (Å²) in [6, 6.07) is 16.1. The summed E-state index contributed by atoms with van der Waals surface area (Å²) in [5.74, 6) is 5.53. The van der Waals surface area contributed by atoms with Gasteiger partial charge in [0.1, 0.15) is 5.60 Å². The lowest BCUT2D eigenvalue weighted by molar-refractivity contribution is -0.143. The van der Waals surface area contributed by atoms with E-state index >= 15 is 0 Å². The Bertz CT molecular complexity index is 1160. The van der Waals surface area contributed by atoms with E-state index < -0.39 is 5.60 Å². The first kappa shape index (κ1) is 23.3. The number of amides is 2. The number of rotatable bonds is 5. The average Bonchev–Trinajstić information content (AvgIpc) is 3.71. The summed E-state index contributed by atoms with van der Waals surface area (Å²) in [6.45, 7) is 1.89. The number of hydrogen-bond acceptors (Lipinski definition) is 5. The molecule has 7 heteroatoms. The minimum absolute atomic E-state index is 0.0296. The molecule has 0 atom stereocenters. The van der Waals surface area contributed by atoms with Crippen LogP contribution in [0.25, 0.3) is 16.7 Å². The zero-order valence-corrected chi connectivity index (χ0v) is 19.9. The molecule has 2 aromatic carbocycles. The maximum Gasteiger partial charge on any atom is 0.254 e. The standard InChI is InChI=1S/C28H32N4O3/c29-30-25-5-3-1-2-4-24(25)22-10-6-20(7-11-22)21-8-12-23(13-9-21)26(33)31-16-18-32(19-17-31)27(34)28(35)14-15-28/h2,4,6-13,30,35H,1,3,5,14-19,29H2. The number of hydrogen-bond donors (Lipinski definition) is 3. The molecule has 2 aliphatic carbocycles. The van der Waals surface area contributed by atoms with Crippen LogP contribution in [0.3, 0.4) is 0 Å². The van der Waals surface area contributed by atoms with Gasteiger partial charge in [-0.15, -0.1) is 0 Å². The van der Waals surface area contributed by atoms with Gasteiger partial charge in [0.25, 0.3) is 11.8 Å². The molecule has 1 saturated carbocycles. The third-order valence-electron chi connectivity index (χ3n) is 7.22. The van der Waals surface area contributed by atoms with Crippen molar-refractivity contribution in [2.75, 3.05) is 26.2 Å². The van der Waals surface area contributed by atoms with Gasteiger partial charge >= 0.3 is 0 Å². The number of carbonyl (C=O) groups excluding carboxylic acids is 2. The Kier molecular flexibility index (Phi) is 6.45. The minimum atomic E-state index is -1.15. The number of piperazine rings is 1. The van der Waals surface area contributed by atoms with E-state index in [-0.39, 0.29) is 11.8 Å². The van der Waals surface area contributed by atoms with Gasteiger partial charge in [-0.05, 0) is 60.9 Å². The van der Waals surface area contributed by atoms with E-state index in [1.54, 1.807) is 9.80 Å². The van der Waals surface area contributed by atoms with Crippen LogP contribution in [0.1, 0.15) is 48.0 Å². The number of carbonyl (C=O) groups is 2. The Morgan fingerprint density at radius 1 is 0.857 bits per heavy atom. The fraction of sp³-hybridized carbons (Fsp3) is 0.357. The highest BCUT2D eigenvalue weighted by Gasteiger charge is 2.50. The van der Waals surface area contributed by atoms with Crippen LogP contribution in [0.2, 0.25) is 0 Å². The fourth-order valence-corrected chi connectivity index (χ4v) is 4.82. The smallest absolute Gasteiger partial charge is 0.254 e. The number of nitrogens with two attached hydrogens (primary N) is 1. The second-order valence-corrected chi connectivity index (χ2v) is 9.60. The van der Waals surface area contributed by atoms with Crippen molar-refractivity contribution in [1.82, 2.24) is 15.2 Å². The van der Waals surface area contributed by atoms with Crippen molar-refractivity contribution < 1.29 is 14.7 Å². The van der Waals surface area contributed by atoms with Crippen molar-refractivity contribution in [3.05, 3.63) is 77.5 Å². The van der Waals surface area contributed by atoms with Gasteiger partial charge in [-0.3, -0.25) is 15.4 Å². The summed E-state index contributed by atoms with van der Waals surface area (Å²) >= 11 is 0. The lowest BCUT2D eigenvalue weighted by Crippen LogP contribution is -2.53. The summed E-state index contributed by atoms with van der Waals surface area (Å²) in [7, 11) is 0. The lowest BCUT2D eigenvalue weighted by atomic mass is 9.98. The van der Waals surface area contributed by atoms with E-state index in [1.165, 1.54) is 0 Å². The first-order valence-electron chi connectivity index (χ1n) is 12.4. The highest BCUT2D eigenvalue weighted by Crippen LogP contribution is 2.37. The molecular formula is C28H32N4O3. The van der Waals surface area contributed by atoms with Crippen LogP contribution in [0.5, 0.6) is 0 Å². The zero-order chi connectivity index (χ0) is 24.4. The lowest BCUT2D eigenvalue weighted by Gasteiger charge is -2.35. The van der Waals surface area contributed by atoms with Crippen LogP contribution < -0.4 is 11.3 Å². The molecule has 1 heterocycles. The summed E-state index contributed by atoms with van der Waals surface area (Å²) in [5.41, 5.74) is 7.79. The topological polar surface area (TPSA) is 98.9 Å². The fourth-order valence-electron chi connectivity index (χ4n) is 4.82. The molecule has 182 valence electrons. The quantitative estimate of drug-likeness (QED) is 0.459. The normalized spacial score (nSPS) is 19.4. The van der Waals surface area contributed by atoms with Gasteiger partial charge in [-0.2, -0.15) is 0 Å². The van der Waals surface area contributed by atoms with Gasteiger partial charge in [0.2, 0.25) is 0 Å². The van der Waals surface area contributed by atoms with E-state index in [1.807, 2.05) is 24.3 Å². The maximum atomic E-state index is 13.0. The Morgan fingerprint density at radius 2 is 1.43 bits per heavy atom. The average molecular weight is 473 g/mol. The van der Waals surface area contributed by atoms with E-state index in [9.17, 15) is 14.7 Å². The highest BCUT2D eigenvalue weighted by atomic mass is 16.3. The Morgan fingerprint density at radius 3 is 2.03 bits per heavy atom. The van der Waals surface area contributed by atoms with E-state index in [4.69, 9.17) is 5.84 Å². The van der Waals surface area contributed by atoms with Crippen LogP contribution >= 0.6 is 0 Å². The molecule has 2 amide bonds. The molecule has 3 aliphatic rings. The van der Waals surface area contributed by atoms with Crippen molar-refractivity contribution in [3.63, 3.8) is 0 Å². The molecule has 2 aromatic rings. The summed E-state index contributed by atoms with van der Waals surface area (Å²) in [5, 5.41) is 10.1. The van der Waals surface area contributed by atoms with E-state index in [2.05, 4.69) is 41.8 Å². The molecule has 1 aliphatic heterocycles. The Hall–Kier alpha value is -3.42. The second-order valence-electron chi connectivity index (χ2n) is 9.60. The molecule has 7 nitrogen and oxygen atoms in total. The number of nitrogens with zero attached hydrogens (tertiary/aromatic N) is 2. The predicted octanol–water partition coefficient (Wildman–Crippen LogP) is 3.08. The molecule has 0 radical (unpaired) electrons. The molecule has 0 unspecified atom stereocenters. The van der Waals surface area contributed by atoms with Crippen molar-refractivity contribution in [2.24, 2.45) is 5.84 Å². The van der Waals surface area contributed by atoms with Crippen molar-refractivity contribution >= 4 is 17.4 Å². The SMILES string of the molecule is NNC1=C(c2ccc(-c3ccc(C(=O)N4CCN(C(=O)C5(O)CC5)CC4)cc3)cc2)C=CCCC1. The first-order valence-corrected chi connectivity index (χ1v) is 12.4. The van der Waals surface area contributed by atoms with Crippen LogP contribution in [0, 0.1) is 0 Å². The molecule has 0 spiro atoms. The van der Waals surface area contributed by atoms with Crippen LogP contribution in [-0.2, 0) is 4.79 Å². The molecule has 4 N–H and O–H groups in total. The van der Waals surface area contributed by atoms with Gasteiger partial charge in [0.15, 0.2) is 0 Å². The monoisotopic (exact) mass is 472 g/mol. The first-order chi connectivity index (χ1) is 17.0. The van der Waals surface area contributed by atoms with Gasteiger partial charge < -0.3 is 20.3 Å². The van der Waals surface area contributed by atoms with Crippen molar-refractivity contribution in [2.45, 2.75) is 37.7 Å². The van der Waals surface area contributed by atoms with Gasteiger partial charge in [-0.25, -0.2) is 0 Å². The van der Waals surface area contributed by atoms with E-state index in [0.717, 1.165) is 47.2 Å².